The van der Waals surface area contributed by atoms with Crippen LogP contribution in [0.5, 0.6) is 0 Å². The highest BCUT2D eigenvalue weighted by molar-refractivity contribution is 6.05. The number of halogens is 2. The molecule has 148 valence electrons. The lowest BCUT2D eigenvalue weighted by Gasteiger charge is -2.17. The van der Waals surface area contributed by atoms with Crippen molar-refractivity contribution < 1.29 is 13.6 Å². The van der Waals surface area contributed by atoms with E-state index in [1.165, 1.54) is 12.4 Å². The molecular weight excluding hydrogens is 364 g/mol. The van der Waals surface area contributed by atoms with Crippen LogP contribution in [0.25, 0.3) is 5.69 Å². The van der Waals surface area contributed by atoms with Crippen LogP contribution in [0.2, 0.25) is 0 Å². The third-order valence-corrected chi connectivity index (χ3v) is 4.18. The van der Waals surface area contributed by atoms with Crippen molar-refractivity contribution in [2.45, 2.75) is 46.1 Å². The second-order valence-electron chi connectivity index (χ2n) is 7.72. The number of nitrogens with zero attached hydrogens (tertiary/aromatic N) is 4. The zero-order valence-corrected chi connectivity index (χ0v) is 16.3. The Bertz CT molecular complexity index is 967. The molecule has 0 radical (unpaired) electrons. The minimum Gasteiger partial charge on any atom is -0.319 e. The summed E-state index contributed by atoms with van der Waals surface area (Å²) >= 11 is 0. The molecule has 1 N–H and O–H groups in total. The van der Waals surface area contributed by atoms with Gasteiger partial charge in [-0.15, -0.1) is 0 Å². The van der Waals surface area contributed by atoms with E-state index in [-0.39, 0.29) is 11.3 Å². The van der Waals surface area contributed by atoms with Crippen molar-refractivity contribution in [1.82, 2.24) is 19.6 Å². The topological polar surface area (TPSA) is 64.7 Å². The monoisotopic (exact) mass is 387 g/mol. The summed E-state index contributed by atoms with van der Waals surface area (Å²) in [4.78, 5) is 12.9. The zero-order chi connectivity index (χ0) is 20.5. The highest BCUT2D eigenvalue weighted by Gasteiger charge is 2.27. The molecule has 0 aliphatic heterocycles. The van der Waals surface area contributed by atoms with E-state index in [1.807, 2.05) is 52.0 Å². The number of nitrogens with one attached hydrogen (secondary N) is 1. The molecule has 3 rings (SSSR count). The Morgan fingerprint density at radius 3 is 2.46 bits per heavy atom. The number of hydrogen-bond donors (Lipinski definition) is 1. The van der Waals surface area contributed by atoms with Crippen LogP contribution >= 0.6 is 0 Å². The standard InChI is InChI=1S/C20H23F2N5O/c1-13-5-7-15(8-6-13)27-11-16(18(25-27)20(2,3)4)19(28)24-14-9-23-26(10-14)12-17(21)22/h5-11,17H,12H2,1-4H3,(H,24,28). The molecule has 0 spiro atoms. The maximum absolute atomic E-state index is 12.9. The van der Waals surface area contributed by atoms with E-state index in [2.05, 4.69) is 15.5 Å². The summed E-state index contributed by atoms with van der Waals surface area (Å²) in [6, 6.07) is 7.82. The summed E-state index contributed by atoms with van der Waals surface area (Å²) in [7, 11) is 0. The van der Waals surface area contributed by atoms with Gasteiger partial charge in [-0.2, -0.15) is 10.2 Å². The van der Waals surface area contributed by atoms with Gasteiger partial charge >= 0.3 is 0 Å². The Hall–Kier alpha value is -3.03. The maximum atomic E-state index is 12.9. The van der Waals surface area contributed by atoms with E-state index in [1.54, 1.807) is 10.9 Å². The van der Waals surface area contributed by atoms with Crippen LogP contribution in [0.1, 0.15) is 42.4 Å². The molecule has 0 saturated heterocycles. The molecule has 2 heterocycles. The van der Waals surface area contributed by atoms with Crippen molar-refractivity contribution in [3.05, 3.63) is 59.7 Å². The summed E-state index contributed by atoms with van der Waals surface area (Å²) in [5.74, 6) is -0.361. The van der Waals surface area contributed by atoms with Crippen molar-refractivity contribution in [2.24, 2.45) is 0 Å². The van der Waals surface area contributed by atoms with Crippen molar-refractivity contribution in [3.63, 3.8) is 0 Å². The molecule has 0 fully saturated rings. The zero-order valence-electron chi connectivity index (χ0n) is 16.3. The van der Waals surface area contributed by atoms with E-state index in [0.717, 1.165) is 15.9 Å². The minimum absolute atomic E-state index is 0.355. The lowest BCUT2D eigenvalue weighted by atomic mass is 9.89. The first-order valence-corrected chi connectivity index (χ1v) is 8.92. The average molecular weight is 387 g/mol. The first kappa shape index (κ1) is 19.7. The Morgan fingerprint density at radius 2 is 1.86 bits per heavy atom. The van der Waals surface area contributed by atoms with Gasteiger partial charge in [0.25, 0.3) is 12.3 Å². The number of aryl methyl sites for hydroxylation is 1. The molecule has 2 aromatic heterocycles. The van der Waals surface area contributed by atoms with Gasteiger partial charge in [-0.05, 0) is 19.1 Å². The van der Waals surface area contributed by atoms with Gasteiger partial charge in [-0.3, -0.25) is 9.48 Å². The number of rotatable bonds is 5. The summed E-state index contributed by atoms with van der Waals surface area (Å²) in [6.45, 7) is 7.42. The predicted molar refractivity (Wildman–Crippen MR) is 103 cm³/mol. The molecule has 8 heteroatoms. The van der Waals surface area contributed by atoms with Gasteiger partial charge in [0.1, 0.15) is 6.54 Å². The van der Waals surface area contributed by atoms with Crippen molar-refractivity contribution in [2.75, 3.05) is 5.32 Å². The van der Waals surface area contributed by atoms with Gasteiger partial charge in [0, 0.05) is 17.8 Å². The number of carbonyl (C=O) groups is 1. The van der Waals surface area contributed by atoms with Crippen LogP contribution in [0, 0.1) is 6.92 Å². The Labute approximate surface area is 162 Å². The fraction of sp³-hybridized carbons (Fsp3) is 0.350. The fourth-order valence-corrected chi connectivity index (χ4v) is 2.79. The molecule has 1 amide bonds. The Kier molecular flexibility index (Phi) is 5.31. The molecule has 0 unspecified atom stereocenters. The van der Waals surface area contributed by atoms with Gasteiger partial charge in [-0.1, -0.05) is 38.5 Å². The fourth-order valence-electron chi connectivity index (χ4n) is 2.79. The van der Waals surface area contributed by atoms with Crippen LogP contribution in [0.3, 0.4) is 0 Å². The van der Waals surface area contributed by atoms with E-state index >= 15 is 0 Å². The van der Waals surface area contributed by atoms with E-state index in [0.29, 0.717) is 16.9 Å². The van der Waals surface area contributed by atoms with Gasteiger partial charge in [0.05, 0.1) is 28.8 Å². The quantitative estimate of drug-likeness (QED) is 0.714. The SMILES string of the molecule is Cc1ccc(-n2cc(C(=O)Nc3cnn(CC(F)F)c3)c(C(C)(C)C)n2)cc1. The third kappa shape index (κ3) is 4.44. The first-order valence-electron chi connectivity index (χ1n) is 8.92. The largest absolute Gasteiger partial charge is 0.319 e. The van der Waals surface area contributed by atoms with Crippen molar-refractivity contribution >= 4 is 11.6 Å². The molecule has 0 aliphatic carbocycles. The molecule has 0 aliphatic rings. The molecule has 28 heavy (non-hydrogen) atoms. The first-order chi connectivity index (χ1) is 13.1. The molecule has 0 bridgehead atoms. The summed E-state index contributed by atoms with van der Waals surface area (Å²) in [5, 5.41) is 11.2. The third-order valence-electron chi connectivity index (χ3n) is 4.18. The van der Waals surface area contributed by atoms with Crippen LogP contribution in [-0.2, 0) is 12.0 Å². The number of aromatic nitrogens is 4. The van der Waals surface area contributed by atoms with Gasteiger partial charge in [0.15, 0.2) is 0 Å². The van der Waals surface area contributed by atoms with Gasteiger partial charge in [-0.25, -0.2) is 13.5 Å². The maximum Gasteiger partial charge on any atom is 0.259 e. The highest BCUT2D eigenvalue weighted by atomic mass is 19.3. The Morgan fingerprint density at radius 1 is 1.18 bits per heavy atom. The van der Waals surface area contributed by atoms with Gasteiger partial charge < -0.3 is 5.32 Å². The normalized spacial score (nSPS) is 11.8. The molecule has 0 saturated carbocycles. The minimum atomic E-state index is -2.51. The van der Waals surface area contributed by atoms with Crippen LogP contribution in [0.4, 0.5) is 14.5 Å². The number of alkyl halides is 2. The lowest BCUT2D eigenvalue weighted by Crippen LogP contribution is -2.20. The van der Waals surface area contributed by atoms with Crippen LogP contribution in [-0.4, -0.2) is 31.9 Å². The van der Waals surface area contributed by atoms with Gasteiger partial charge in [0.2, 0.25) is 0 Å². The predicted octanol–water partition coefficient (Wildman–Crippen LogP) is 4.19. The number of anilines is 1. The smallest absolute Gasteiger partial charge is 0.259 e. The summed E-state index contributed by atoms with van der Waals surface area (Å²) in [5.41, 5.74) is 3.04. The van der Waals surface area contributed by atoms with E-state index < -0.39 is 13.0 Å². The molecule has 3 aromatic rings. The summed E-state index contributed by atoms with van der Waals surface area (Å²) in [6.07, 6.45) is 1.90. The highest BCUT2D eigenvalue weighted by Crippen LogP contribution is 2.26. The van der Waals surface area contributed by atoms with E-state index in [4.69, 9.17) is 0 Å². The molecule has 1 aromatic carbocycles. The summed E-state index contributed by atoms with van der Waals surface area (Å²) < 4.78 is 27.7. The number of carbonyl (C=O) groups excluding carboxylic acids is 1. The van der Waals surface area contributed by atoms with Crippen LogP contribution in [0.15, 0.2) is 42.9 Å². The Balaban J connectivity index is 1.90. The second-order valence-corrected chi connectivity index (χ2v) is 7.72. The molecule has 0 atom stereocenters. The van der Waals surface area contributed by atoms with Crippen LogP contribution < -0.4 is 5.32 Å². The number of amides is 1. The number of hydrogen-bond acceptors (Lipinski definition) is 3. The molecule has 6 nitrogen and oxygen atoms in total. The number of benzene rings is 1. The second kappa shape index (κ2) is 7.53. The molecular formula is C20H23F2N5O. The average Bonchev–Trinajstić information content (AvgIpc) is 3.22. The van der Waals surface area contributed by atoms with Crippen molar-refractivity contribution in [1.29, 1.82) is 0 Å². The lowest BCUT2D eigenvalue weighted by molar-refractivity contribution is 0.102. The van der Waals surface area contributed by atoms with Crippen molar-refractivity contribution in [3.8, 4) is 5.69 Å². The van der Waals surface area contributed by atoms with E-state index in [9.17, 15) is 13.6 Å².